The first kappa shape index (κ1) is 23.7. The van der Waals surface area contributed by atoms with Crippen LogP contribution in [0.4, 0.5) is 11.4 Å². The third-order valence-electron chi connectivity index (χ3n) is 6.72. The highest BCUT2D eigenvalue weighted by Crippen LogP contribution is 2.31. The zero-order chi connectivity index (χ0) is 22.2. The molecule has 0 aromatic heterocycles. The molecule has 2 aliphatic heterocycles. The van der Waals surface area contributed by atoms with Gasteiger partial charge in [0.25, 0.3) is 0 Å². The summed E-state index contributed by atoms with van der Waals surface area (Å²) in [7, 11) is 4.03. The number of hydrogen-bond donors (Lipinski definition) is 1. The van der Waals surface area contributed by atoms with Gasteiger partial charge in [-0.15, -0.1) is 0 Å². The number of nitrogens with zero attached hydrogens (tertiary/aromatic N) is 4. The van der Waals surface area contributed by atoms with Crippen molar-refractivity contribution in [3.63, 3.8) is 0 Å². The first-order chi connectivity index (χ1) is 15.0. The van der Waals surface area contributed by atoms with Crippen LogP contribution in [-0.2, 0) is 16.1 Å². The molecule has 31 heavy (non-hydrogen) atoms. The first-order valence-corrected chi connectivity index (χ1v) is 11.7. The monoisotopic (exact) mass is 429 g/mol. The molecular formula is C24H39N5O2. The van der Waals surface area contributed by atoms with Gasteiger partial charge in [0.2, 0.25) is 6.41 Å². The lowest BCUT2D eigenvalue weighted by molar-refractivity contribution is -0.109. The van der Waals surface area contributed by atoms with E-state index >= 15 is 0 Å². The second-order valence-corrected chi connectivity index (χ2v) is 9.12. The molecule has 1 amide bonds. The highest BCUT2D eigenvalue weighted by atomic mass is 16.1. The summed E-state index contributed by atoms with van der Waals surface area (Å²) in [6, 6.07) is 7.13. The minimum atomic E-state index is -0.0173. The molecule has 0 bridgehead atoms. The van der Waals surface area contributed by atoms with Gasteiger partial charge in [0.1, 0.15) is 6.29 Å². The summed E-state index contributed by atoms with van der Waals surface area (Å²) in [6.45, 7) is 9.79. The van der Waals surface area contributed by atoms with Crippen LogP contribution in [0.25, 0.3) is 0 Å². The number of carbonyl (C=O) groups excluding carboxylic acids is 2. The normalized spacial score (nSPS) is 19.7. The van der Waals surface area contributed by atoms with E-state index in [0.29, 0.717) is 12.8 Å². The van der Waals surface area contributed by atoms with Crippen LogP contribution in [0.2, 0.25) is 0 Å². The summed E-state index contributed by atoms with van der Waals surface area (Å²) < 4.78 is 0. The Hall–Kier alpha value is -1.96. The number of piperazine rings is 1. The topological polar surface area (TPSA) is 59.1 Å². The summed E-state index contributed by atoms with van der Waals surface area (Å²) in [5, 5.41) is 3.45. The largest absolute Gasteiger partial charge is 0.376 e. The molecular weight excluding hydrogens is 390 g/mol. The van der Waals surface area contributed by atoms with Crippen molar-refractivity contribution in [2.45, 2.75) is 51.2 Å². The molecule has 1 atom stereocenters. The van der Waals surface area contributed by atoms with Gasteiger partial charge >= 0.3 is 0 Å². The van der Waals surface area contributed by atoms with Crippen molar-refractivity contribution < 1.29 is 9.59 Å². The van der Waals surface area contributed by atoms with Gasteiger partial charge in [0, 0.05) is 65.3 Å². The van der Waals surface area contributed by atoms with E-state index in [1.165, 1.54) is 31.5 Å². The van der Waals surface area contributed by atoms with E-state index in [9.17, 15) is 9.59 Å². The van der Waals surface area contributed by atoms with Gasteiger partial charge < -0.3 is 19.9 Å². The van der Waals surface area contributed by atoms with Crippen LogP contribution in [0, 0.1) is 0 Å². The molecule has 172 valence electrons. The van der Waals surface area contributed by atoms with Crippen molar-refractivity contribution in [3.05, 3.63) is 23.8 Å². The van der Waals surface area contributed by atoms with Gasteiger partial charge in [-0.3, -0.25) is 14.6 Å². The molecule has 1 aromatic carbocycles. The zero-order valence-corrected chi connectivity index (χ0v) is 19.4. The third kappa shape index (κ3) is 6.28. The van der Waals surface area contributed by atoms with Crippen molar-refractivity contribution in [2.24, 2.45) is 0 Å². The number of nitrogens with one attached hydrogen (secondary N) is 1. The Bertz CT molecular complexity index is 712. The van der Waals surface area contributed by atoms with Crippen LogP contribution < -0.4 is 15.1 Å². The lowest BCUT2D eigenvalue weighted by Gasteiger charge is -2.40. The van der Waals surface area contributed by atoms with Crippen LogP contribution in [0.3, 0.4) is 0 Å². The Balaban J connectivity index is 1.64. The number of benzene rings is 1. The van der Waals surface area contributed by atoms with Crippen LogP contribution in [0.1, 0.15) is 38.2 Å². The highest BCUT2D eigenvalue weighted by molar-refractivity contribution is 5.84. The van der Waals surface area contributed by atoms with E-state index in [1.54, 1.807) is 4.90 Å². The lowest BCUT2D eigenvalue weighted by atomic mass is 10.0. The van der Waals surface area contributed by atoms with Crippen LogP contribution in [-0.4, -0.2) is 87.9 Å². The molecule has 1 N–H and O–H groups in total. The molecule has 2 heterocycles. The molecule has 1 aromatic rings. The molecule has 2 fully saturated rings. The minimum Gasteiger partial charge on any atom is -0.376 e. The van der Waals surface area contributed by atoms with Gasteiger partial charge in [-0.2, -0.15) is 0 Å². The van der Waals surface area contributed by atoms with Gasteiger partial charge in [0.05, 0.1) is 11.4 Å². The molecule has 2 aliphatic rings. The predicted molar refractivity (Wildman–Crippen MR) is 127 cm³/mol. The number of aldehydes is 1. The number of carbonyl (C=O) groups is 2. The number of hydrogen-bond acceptors (Lipinski definition) is 6. The second kappa shape index (κ2) is 11.6. The standard InChI is InChI=1S/C24H39N5O2/c1-20(5-4-16-30)29(19-31)23-7-6-21(17-24(23)26(2)3)18-27-12-8-22(9-13-27)28-14-10-25-11-15-28/h6-7,16-17,19-20,22,25H,4-5,8-15,18H2,1-3H3. The first-order valence-electron chi connectivity index (χ1n) is 11.7. The number of rotatable bonds is 10. The van der Waals surface area contributed by atoms with E-state index in [4.69, 9.17) is 0 Å². The molecule has 7 heteroatoms. The molecule has 7 nitrogen and oxygen atoms in total. The third-order valence-corrected chi connectivity index (χ3v) is 6.72. The number of likely N-dealkylation sites (tertiary alicyclic amines) is 1. The van der Waals surface area contributed by atoms with Crippen molar-refractivity contribution in [1.29, 1.82) is 0 Å². The Morgan fingerprint density at radius 1 is 1.10 bits per heavy atom. The average molecular weight is 430 g/mol. The maximum Gasteiger partial charge on any atom is 0.214 e. The highest BCUT2D eigenvalue weighted by Gasteiger charge is 2.26. The van der Waals surface area contributed by atoms with Crippen LogP contribution in [0.5, 0.6) is 0 Å². The van der Waals surface area contributed by atoms with E-state index in [1.807, 2.05) is 21.0 Å². The van der Waals surface area contributed by atoms with E-state index in [0.717, 1.165) is 62.8 Å². The molecule has 0 radical (unpaired) electrons. The van der Waals surface area contributed by atoms with Crippen molar-refractivity contribution in [3.8, 4) is 0 Å². The Kier molecular flexibility index (Phi) is 8.87. The fraction of sp³-hybridized carbons (Fsp3) is 0.667. The fourth-order valence-electron chi connectivity index (χ4n) is 4.84. The van der Waals surface area contributed by atoms with Gasteiger partial charge in [-0.05, 0) is 57.0 Å². The molecule has 2 saturated heterocycles. The zero-order valence-electron chi connectivity index (χ0n) is 19.4. The lowest BCUT2D eigenvalue weighted by Crippen LogP contribution is -2.51. The minimum absolute atomic E-state index is 0.0173. The Morgan fingerprint density at radius 2 is 1.81 bits per heavy atom. The Labute approximate surface area is 187 Å². The fourth-order valence-corrected chi connectivity index (χ4v) is 4.84. The van der Waals surface area contributed by atoms with Crippen LogP contribution in [0.15, 0.2) is 18.2 Å². The number of amides is 1. The van der Waals surface area contributed by atoms with E-state index < -0.39 is 0 Å². The molecule has 3 rings (SSSR count). The molecule has 0 spiro atoms. The average Bonchev–Trinajstić information content (AvgIpc) is 2.80. The van der Waals surface area contributed by atoms with E-state index in [2.05, 4.69) is 38.2 Å². The smallest absolute Gasteiger partial charge is 0.214 e. The summed E-state index contributed by atoms with van der Waals surface area (Å²) in [6.07, 6.45) is 5.42. The second-order valence-electron chi connectivity index (χ2n) is 9.12. The van der Waals surface area contributed by atoms with E-state index in [-0.39, 0.29) is 6.04 Å². The summed E-state index contributed by atoms with van der Waals surface area (Å²) in [5.41, 5.74) is 3.22. The summed E-state index contributed by atoms with van der Waals surface area (Å²) >= 11 is 0. The van der Waals surface area contributed by atoms with Crippen molar-refractivity contribution in [2.75, 3.05) is 63.2 Å². The van der Waals surface area contributed by atoms with Crippen molar-refractivity contribution in [1.82, 2.24) is 15.1 Å². The van der Waals surface area contributed by atoms with Gasteiger partial charge in [0.15, 0.2) is 0 Å². The maximum absolute atomic E-state index is 11.9. The summed E-state index contributed by atoms with van der Waals surface area (Å²) in [5.74, 6) is 0. The van der Waals surface area contributed by atoms with Crippen LogP contribution >= 0.6 is 0 Å². The number of anilines is 2. The van der Waals surface area contributed by atoms with Gasteiger partial charge in [-0.25, -0.2) is 0 Å². The van der Waals surface area contributed by atoms with Gasteiger partial charge in [-0.1, -0.05) is 6.07 Å². The molecule has 1 unspecified atom stereocenters. The number of piperidine rings is 1. The summed E-state index contributed by atoms with van der Waals surface area (Å²) in [4.78, 5) is 31.6. The Morgan fingerprint density at radius 3 is 2.42 bits per heavy atom. The quantitative estimate of drug-likeness (QED) is 0.574. The maximum atomic E-state index is 11.9. The molecule has 0 saturated carbocycles. The SMILES string of the molecule is CC(CCC=O)N(C=O)c1ccc(CN2CCC(N3CCNCC3)CC2)cc1N(C)C. The van der Waals surface area contributed by atoms with Crippen molar-refractivity contribution >= 4 is 24.1 Å². The molecule has 0 aliphatic carbocycles. The predicted octanol–water partition coefficient (Wildman–Crippen LogP) is 1.95.